The molecule has 5 rings (SSSR count). The number of halogens is 3. The highest BCUT2D eigenvalue weighted by atomic mass is 19.4. The molecule has 4 aliphatic rings. The van der Waals surface area contributed by atoms with Crippen LogP contribution >= 0.6 is 0 Å². The molecule has 0 aromatic heterocycles. The Morgan fingerprint density at radius 3 is 2.63 bits per heavy atom. The number of nitrogens with zero attached hydrogens (tertiary/aromatic N) is 2. The minimum atomic E-state index is -4.53. The molecule has 0 saturated heterocycles. The van der Waals surface area contributed by atoms with E-state index in [1.165, 1.54) is 17.2 Å². The summed E-state index contributed by atoms with van der Waals surface area (Å²) in [7, 11) is 0. The maximum Gasteiger partial charge on any atom is 0.442 e. The minimum Gasteiger partial charge on any atom is -0.393 e. The molecule has 0 unspecified atom stereocenters. The maximum atomic E-state index is 13.5. The molecule has 4 atom stereocenters. The molecule has 7 heteroatoms. The summed E-state index contributed by atoms with van der Waals surface area (Å²) in [5.41, 5.74) is 2.58. The van der Waals surface area contributed by atoms with Gasteiger partial charge in [-0.15, -0.1) is 10.2 Å². The van der Waals surface area contributed by atoms with Gasteiger partial charge >= 0.3 is 11.8 Å². The number of rotatable bonds is 3. The number of alkyl halides is 3. The average Bonchev–Trinajstić information content (AvgIpc) is 3.56. The molecule has 2 N–H and O–H groups in total. The summed E-state index contributed by atoms with van der Waals surface area (Å²) in [5, 5.41) is 26.9. The number of allylic oxidation sites excluding steroid dienone is 4. The Bertz CT molecular complexity index is 1160. The Hall–Kier alpha value is -2.51. The quantitative estimate of drug-likeness (QED) is 0.497. The summed E-state index contributed by atoms with van der Waals surface area (Å²) < 4.78 is 40.4. The minimum absolute atomic E-state index is 0.0444. The summed E-state index contributed by atoms with van der Waals surface area (Å²) in [5.74, 6) is 0.365. The zero-order valence-corrected chi connectivity index (χ0v) is 19.9. The van der Waals surface area contributed by atoms with Crippen LogP contribution in [0.25, 0.3) is 6.08 Å². The molecular weight excluding hydrogens is 453 g/mol. The molecule has 3 fully saturated rings. The van der Waals surface area contributed by atoms with Gasteiger partial charge in [-0.05, 0) is 72.6 Å². The Balaban J connectivity index is 1.40. The highest BCUT2D eigenvalue weighted by molar-refractivity contribution is 5.58. The maximum absolute atomic E-state index is 13.5. The van der Waals surface area contributed by atoms with Gasteiger partial charge in [0.1, 0.15) is 0 Å². The summed E-state index contributed by atoms with van der Waals surface area (Å²) in [6.07, 6.45) is 6.26. The van der Waals surface area contributed by atoms with E-state index >= 15 is 0 Å². The SMILES string of the molecule is C=C1/C(=C\C=C2/CCC[C@]3(C)/C(=C/c4cccc(C5(C(F)(F)F)N=N5)c4)CC[C@@H]23)C[C@@H](O)C[C@@H]1O. The van der Waals surface area contributed by atoms with E-state index in [1.807, 2.05) is 12.1 Å². The van der Waals surface area contributed by atoms with Gasteiger partial charge in [-0.1, -0.05) is 61.1 Å². The van der Waals surface area contributed by atoms with E-state index in [1.54, 1.807) is 12.1 Å². The lowest BCUT2D eigenvalue weighted by molar-refractivity contribution is -0.166. The van der Waals surface area contributed by atoms with Gasteiger partial charge in [-0.25, -0.2) is 0 Å². The number of benzene rings is 1. The molecule has 1 heterocycles. The highest BCUT2D eigenvalue weighted by Crippen LogP contribution is 2.58. The molecule has 0 spiro atoms. The molecule has 0 bridgehead atoms. The molecule has 3 saturated carbocycles. The monoisotopic (exact) mass is 484 g/mol. The summed E-state index contributed by atoms with van der Waals surface area (Å²) >= 11 is 0. The molecule has 1 aliphatic heterocycles. The van der Waals surface area contributed by atoms with Crippen molar-refractivity contribution < 1.29 is 23.4 Å². The third kappa shape index (κ3) is 4.23. The van der Waals surface area contributed by atoms with Crippen LogP contribution in [0, 0.1) is 11.3 Å². The van der Waals surface area contributed by atoms with E-state index in [-0.39, 0.29) is 11.0 Å². The highest BCUT2D eigenvalue weighted by Gasteiger charge is 2.65. The third-order valence-corrected chi connectivity index (χ3v) is 8.40. The molecule has 1 aromatic rings. The summed E-state index contributed by atoms with van der Waals surface area (Å²) in [4.78, 5) is 0. The second-order valence-corrected chi connectivity index (χ2v) is 10.6. The average molecular weight is 485 g/mol. The lowest BCUT2D eigenvalue weighted by Gasteiger charge is -2.39. The topological polar surface area (TPSA) is 65.2 Å². The second kappa shape index (κ2) is 8.56. The predicted octanol–water partition coefficient (Wildman–Crippen LogP) is 6.78. The number of hydrogen-bond donors (Lipinski definition) is 2. The van der Waals surface area contributed by atoms with Crippen molar-refractivity contribution in [1.82, 2.24) is 0 Å². The van der Waals surface area contributed by atoms with Crippen LogP contribution in [0.4, 0.5) is 13.2 Å². The van der Waals surface area contributed by atoms with Gasteiger partial charge in [0, 0.05) is 12.0 Å². The van der Waals surface area contributed by atoms with Crippen molar-refractivity contribution in [3.63, 3.8) is 0 Å². The van der Waals surface area contributed by atoms with Gasteiger partial charge in [0.05, 0.1) is 12.2 Å². The van der Waals surface area contributed by atoms with E-state index in [4.69, 9.17) is 0 Å². The van der Waals surface area contributed by atoms with Gasteiger partial charge in [-0.2, -0.15) is 13.2 Å². The second-order valence-electron chi connectivity index (χ2n) is 10.6. The van der Waals surface area contributed by atoms with Gasteiger partial charge in [0.2, 0.25) is 0 Å². The summed E-state index contributed by atoms with van der Waals surface area (Å²) in [6, 6.07) is 6.49. The first kappa shape index (κ1) is 24.2. The van der Waals surface area contributed by atoms with Crippen molar-refractivity contribution in [2.75, 3.05) is 0 Å². The fourth-order valence-electron chi connectivity index (χ4n) is 6.28. The van der Waals surface area contributed by atoms with Crippen LogP contribution in [0.15, 0.2) is 75.5 Å². The van der Waals surface area contributed by atoms with Crippen LogP contribution in [0.2, 0.25) is 0 Å². The Kier molecular flexibility index (Phi) is 5.92. The van der Waals surface area contributed by atoms with E-state index in [0.29, 0.717) is 24.3 Å². The van der Waals surface area contributed by atoms with E-state index in [0.717, 1.165) is 43.2 Å². The fraction of sp³-hybridized carbons (Fsp3) is 0.500. The van der Waals surface area contributed by atoms with Crippen molar-refractivity contribution in [2.45, 2.75) is 75.9 Å². The molecular formula is C28H31F3N2O2. The number of aliphatic hydroxyl groups is 2. The standard InChI is InChI=1S/C28H31F3N2O2/c1-17-20(15-23(34)16-25(17)35)9-8-19-6-4-12-26(2)21(10-11-24(19)26)13-18-5-3-7-22(14-18)27(32-33-27)28(29,30)31/h3,5,7-9,13-14,23-25,34-35H,1,4,6,10-12,15-16H2,2H3/b19-8+,20-9-,21-13+/t23-,24+,25+,26-/m1/s1. The third-order valence-electron chi connectivity index (χ3n) is 8.40. The normalized spacial score (nSPS) is 35.7. The van der Waals surface area contributed by atoms with Crippen molar-refractivity contribution in [2.24, 2.45) is 21.6 Å². The molecule has 0 amide bonds. The first-order chi connectivity index (χ1) is 16.5. The lowest BCUT2D eigenvalue weighted by atomic mass is 9.65. The number of hydrogen-bond acceptors (Lipinski definition) is 4. The van der Waals surface area contributed by atoms with E-state index < -0.39 is 24.0 Å². The predicted molar refractivity (Wildman–Crippen MR) is 128 cm³/mol. The zero-order valence-electron chi connectivity index (χ0n) is 19.9. The smallest absolute Gasteiger partial charge is 0.393 e. The van der Waals surface area contributed by atoms with Gasteiger partial charge in [-0.3, -0.25) is 0 Å². The molecule has 3 aliphatic carbocycles. The van der Waals surface area contributed by atoms with Gasteiger partial charge < -0.3 is 10.2 Å². The van der Waals surface area contributed by atoms with Crippen LogP contribution < -0.4 is 0 Å². The first-order valence-electron chi connectivity index (χ1n) is 12.3. The largest absolute Gasteiger partial charge is 0.442 e. The Labute approximate surface area is 203 Å². The van der Waals surface area contributed by atoms with Crippen molar-refractivity contribution >= 4 is 6.08 Å². The van der Waals surface area contributed by atoms with Crippen LogP contribution in [-0.2, 0) is 5.66 Å². The molecule has 186 valence electrons. The number of fused-ring (bicyclic) bond motifs is 1. The molecule has 1 aromatic carbocycles. The van der Waals surface area contributed by atoms with Crippen LogP contribution in [-0.4, -0.2) is 28.6 Å². The van der Waals surface area contributed by atoms with Crippen molar-refractivity contribution in [3.8, 4) is 0 Å². The number of aliphatic hydroxyl groups excluding tert-OH is 2. The first-order valence-corrected chi connectivity index (χ1v) is 12.3. The summed E-state index contributed by atoms with van der Waals surface area (Å²) in [6.45, 7) is 6.28. The van der Waals surface area contributed by atoms with Crippen LogP contribution in [0.3, 0.4) is 0 Å². The van der Waals surface area contributed by atoms with Gasteiger partial charge in [0.25, 0.3) is 0 Å². The van der Waals surface area contributed by atoms with Crippen LogP contribution in [0.5, 0.6) is 0 Å². The Morgan fingerprint density at radius 1 is 1.14 bits per heavy atom. The lowest BCUT2D eigenvalue weighted by Crippen LogP contribution is -2.30. The van der Waals surface area contributed by atoms with Gasteiger partial charge in [0.15, 0.2) is 0 Å². The van der Waals surface area contributed by atoms with Crippen molar-refractivity contribution in [3.05, 3.63) is 76.4 Å². The molecule has 4 nitrogen and oxygen atoms in total. The fourth-order valence-corrected chi connectivity index (χ4v) is 6.28. The Morgan fingerprint density at radius 2 is 1.91 bits per heavy atom. The zero-order chi connectivity index (χ0) is 25.0. The van der Waals surface area contributed by atoms with Crippen molar-refractivity contribution in [1.29, 1.82) is 0 Å². The van der Waals surface area contributed by atoms with E-state index in [2.05, 4.69) is 35.9 Å². The molecule has 0 radical (unpaired) electrons. The van der Waals surface area contributed by atoms with Crippen LogP contribution in [0.1, 0.15) is 63.0 Å². The van der Waals surface area contributed by atoms with E-state index in [9.17, 15) is 23.4 Å². The molecule has 35 heavy (non-hydrogen) atoms.